The molecular formula is C22H28N2O4S. The van der Waals surface area contributed by atoms with Gasteiger partial charge in [0.25, 0.3) is 0 Å². The SMILES string of the molecule is CCN(CC)S(=O)(=O)c1ccc(/C=C/C(=O)NCCOc2cccc(C)c2)cc1. The van der Waals surface area contributed by atoms with Crippen molar-refractivity contribution in [1.82, 2.24) is 9.62 Å². The highest BCUT2D eigenvalue weighted by molar-refractivity contribution is 7.89. The van der Waals surface area contributed by atoms with E-state index in [4.69, 9.17) is 4.74 Å². The number of benzene rings is 2. The van der Waals surface area contributed by atoms with Gasteiger partial charge in [-0.3, -0.25) is 4.79 Å². The average Bonchev–Trinajstić information content (AvgIpc) is 2.71. The third-order valence-corrected chi connectivity index (χ3v) is 6.37. The quantitative estimate of drug-likeness (QED) is 0.477. The maximum absolute atomic E-state index is 12.5. The van der Waals surface area contributed by atoms with Crippen LogP contribution in [0, 0.1) is 6.92 Å². The first kappa shape index (κ1) is 22.6. The molecule has 0 spiro atoms. The second-order valence-electron chi connectivity index (χ2n) is 6.45. The van der Waals surface area contributed by atoms with Crippen molar-refractivity contribution in [2.75, 3.05) is 26.2 Å². The summed E-state index contributed by atoms with van der Waals surface area (Å²) >= 11 is 0. The van der Waals surface area contributed by atoms with E-state index in [0.29, 0.717) is 26.2 Å². The van der Waals surface area contributed by atoms with E-state index in [1.807, 2.05) is 45.0 Å². The van der Waals surface area contributed by atoms with E-state index in [-0.39, 0.29) is 10.8 Å². The summed E-state index contributed by atoms with van der Waals surface area (Å²) in [6.07, 6.45) is 3.06. The molecule has 29 heavy (non-hydrogen) atoms. The predicted octanol–water partition coefficient (Wildman–Crippen LogP) is 3.23. The van der Waals surface area contributed by atoms with Gasteiger partial charge in [-0.2, -0.15) is 4.31 Å². The minimum absolute atomic E-state index is 0.238. The van der Waals surface area contributed by atoms with Gasteiger partial charge in [-0.25, -0.2) is 8.42 Å². The Kier molecular flexibility index (Phi) is 8.42. The smallest absolute Gasteiger partial charge is 0.244 e. The molecule has 2 rings (SSSR count). The van der Waals surface area contributed by atoms with Gasteiger partial charge >= 0.3 is 0 Å². The number of carbonyl (C=O) groups excluding carboxylic acids is 1. The van der Waals surface area contributed by atoms with Gasteiger partial charge in [0.15, 0.2) is 0 Å². The molecule has 1 amide bonds. The number of hydrogen-bond donors (Lipinski definition) is 1. The molecule has 0 heterocycles. The lowest BCUT2D eigenvalue weighted by atomic mass is 10.2. The fourth-order valence-corrected chi connectivity index (χ4v) is 4.20. The summed E-state index contributed by atoms with van der Waals surface area (Å²) in [5, 5.41) is 2.75. The summed E-state index contributed by atoms with van der Waals surface area (Å²) in [5.74, 6) is 0.534. The van der Waals surface area contributed by atoms with Gasteiger partial charge in [-0.1, -0.05) is 38.1 Å². The van der Waals surface area contributed by atoms with Crippen LogP contribution in [0.4, 0.5) is 0 Å². The van der Waals surface area contributed by atoms with Gasteiger partial charge in [0.05, 0.1) is 11.4 Å². The molecule has 156 valence electrons. The van der Waals surface area contributed by atoms with Crippen LogP contribution in [0.25, 0.3) is 6.08 Å². The molecule has 0 unspecified atom stereocenters. The molecule has 2 aromatic rings. The molecule has 0 aliphatic heterocycles. The van der Waals surface area contributed by atoms with Crippen LogP contribution in [0.2, 0.25) is 0 Å². The van der Waals surface area contributed by atoms with Crippen LogP contribution in [0.5, 0.6) is 5.75 Å². The molecule has 0 aliphatic carbocycles. The van der Waals surface area contributed by atoms with E-state index < -0.39 is 10.0 Å². The first-order valence-corrected chi connectivity index (χ1v) is 11.1. The summed E-state index contributed by atoms with van der Waals surface area (Å²) < 4.78 is 31.9. The highest BCUT2D eigenvalue weighted by Crippen LogP contribution is 2.16. The number of ether oxygens (including phenoxy) is 1. The van der Waals surface area contributed by atoms with Gasteiger partial charge in [0, 0.05) is 19.2 Å². The van der Waals surface area contributed by atoms with Crippen molar-refractivity contribution in [1.29, 1.82) is 0 Å². The normalized spacial score (nSPS) is 11.7. The van der Waals surface area contributed by atoms with Gasteiger partial charge in [-0.05, 0) is 48.4 Å². The molecule has 0 bridgehead atoms. The molecule has 7 heteroatoms. The first-order chi connectivity index (χ1) is 13.9. The van der Waals surface area contributed by atoms with E-state index in [1.54, 1.807) is 30.3 Å². The monoisotopic (exact) mass is 416 g/mol. The van der Waals surface area contributed by atoms with Crippen LogP contribution >= 0.6 is 0 Å². The Morgan fingerprint density at radius 2 is 1.79 bits per heavy atom. The third kappa shape index (κ3) is 6.73. The summed E-state index contributed by atoms with van der Waals surface area (Å²) in [6, 6.07) is 14.2. The van der Waals surface area contributed by atoms with Crippen molar-refractivity contribution in [2.45, 2.75) is 25.7 Å². The standard InChI is InChI=1S/C22H28N2O4S/c1-4-24(5-2)29(26,27)21-12-9-19(10-13-21)11-14-22(25)23-15-16-28-20-8-6-7-18(3)17-20/h6-14,17H,4-5,15-16H2,1-3H3,(H,23,25)/b14-11+. The number of nitrogens with one attached hydrogen (secondary N) is 1. The zero-order chi connectivity index (χ0) is 21.3. The van der Waals surface area contributed by atoms with Gasteiger partial charge in [-0.15, -0.1) is 0 Å². The Balaban J connectivity index is 1.84. The second kappa shape index (κ2) is 10.8. The number of hydrogen-bond acceptors (Lipinski definition) is 4. The fourth-order valence-electron chi connectivity index (χ4n) is 2.74. The van der Waals surface area contributed by atoms with Gasteiger partial charge < -0.3 is 10.1 Å². The van der Waals surface area contributed by atoms with Gasteiger partial charge in [0.2, 0.25) is 15.9 Å². The number of nitrogens with zero attached hydrogens (tertiary/aromatic N) is 1. The largest absolute Gasteiger partial charge is 0.492 e. The summed E-state index contributed by atoms with van der Waals surface area (Å²) in [5.41, 5.74) is 1.86. The van der Waals surface area contributed by atoms with Crippen LogP contribution in [-0.2, 0) is 14.8 Å². The zero-order valence-corrected chi connectivity index (χ0v) is 17.9. The van der Waals surface area contributed by atoms with Crippen molar-refractivity contribution >= 4 is 22.0 Å². The molecule has 0 aliphatic rings. The molecule has 6 nitrogen and oxygen atoms in total. The Labute approximate surface area is 173 Å². The first-order valence-electron chi connectivity index (χ1n) is 9.62. The third-order valence-electron chi connectivity index (χ3n) is 4.31. The minimum Gasteiger partial charge on any atom is -0.492 e. The van der Waals surface area contributed by atoms with Gasteiger partial charge in [0.1, 0.15) is 12.4 Å². The Morgan fingerprint density at radius 3 is 2.41 bits per heavy atom. The van der Waals surface area contributed by atoms with Crippen molar-refractivity contribution in [3.63, 3.8) is 0 Å². The number of rotatable bonds is 10. The molecule has 2 aromatic carbocycles. The molecule has 0 atom stereocenters. The number of carbonyl (C=O) groups is 1. The molecule has 0 aromatic heterocycles. The topological polar surface area (TPSA) is 75.7 Å². The number of sulfonamides is 1. The van der Waals surface area contributed by atoms with E-state index in [0.717, 1.165) is 16.9 Å². The molecular weight excluding hydrogens is 388 g/mol. The minimum atomic E-state index is -3.47. The molecule has 0 saturated carbocycles. The number of amides is 1. The van der Waals surface area contributed by atoms with E-state index in [2.05, 4.69) is 5.32 Å². The Morgan fingerprint density at radius 1 is 1.10 bits per heavy atom. The summed E-state index contributed by atoms with van der Waals surface area (Å²) in [7, 11) is -3.47. The highest BCUT2D eigenvalue weighted by atomic mass is 32.2. The Bertz CT molecular complexity index is 934. The lowest BCUT2D eigenvalue weighted by Crippen LogP contribution is -2.30. The predicted molar refractivity (Wildman–Crippen MR) is 115 cm³/mol. The Hall–Kier alpha value is -2.64. The van der Waals surface area contributed by atoms with Crippen LogP contribution in [0.1, 0.15) is 25.0 Å². The van der Waals surface area contributed by atoms with E-state index in [1.165, 1.54) is 10.4 Å². The van der Waals surface area contributed by atoms with E-state index >= 15 is 0 Å². The molecule has 0 radical (unpaired) electrons. The van der Waals surface area contributed by atoms with Crippen molar-refractivity contribution in [2.24, 2.45) is 0 Å². The van der Waals surface area contributed by atoms with Crippen molar-refractivity contribution < 1.29 is 17.9 Å². The fraction of sp³-hybridized carbons (Fsp3) is 0.318. The highest BCUT2D eigenvalue weighted by Gasteiger charge is 2.20. The summed E-state index contributed by atoms with van der Waals surface area (Å²) in [4.78, 5) is 12.2. The van der Waals surface area contributed by atoms with Crippen LogP contribution in [0.15, 0.2) is 59.5 Å². The van der Waals surface area contributed by atoms with Crippen LogP contribution in [0.3, 0.4) is 0 Å². The zero-order valence-electron chi connectivity index (χ0n) is 17.1. The summed E-state index contributed by atoms with van der Waals surface area (Å²) in [6.45, 7) is 7.22. The maximum atomic E-state index is 12.5. The van der Waals surface area contributed by atoms with Crippen molar-refractivity contribution in [3.05, 3.63) is 65.7 Å². The number of aryl methyl sites for hydroxylation is 1. The molecule has 0 fully saturated rings. The second-order valence-corrected chi connectivity index (χ2v) is 8.39. The van der Waals surface area contributed by atoms with Crippen LogP contribution < -0.4 is 10.1 Å². The average molecular weight is 417 g/mol. The molecule has 0 saturated heterocycles. The molecule has 1 N–H and O–H groups in total. The maximum Gasteiger partial charge on any atom is 0.244 e. The lowest BCUT2D eigenvalue weighted by Gasteiger charge is -2.18. The van der Waals surface area contributed by atoms with Crippen molar-refractivity contribution in [3.8, 4) is 5.75 Å². The van der Waals surface area contributed by atoms with E-state index in [9.17, 15) is 13.2 Å². The lowest BCUT2D eigenvalue weighted by molar-refractivity contribution is -0.116. The van der Waals surface area contributed by atoms with Crippen LogP contribution in [-0.4, -0.2) is 44.9 Å².